The molecule has 2 bridgehead atoms. The molecule has 0 aliphatic carbocycles. The maximum Gasteiger partial charge on any atom is 0.277 e. The summed E-state index contributed by atoms with van der Waals surface area (Å²) < 4.78 is 27.7. The number of aromatic nitrogens is 2. The third kappa shape index (κ3) is 9.21. The van der Waals surface area contributed by atoms with Crippen LogP contribution in [0.5, 0.6) is 11.5 Å². The van der Waals surface area contributed by atoms with Crippen LogP contribution < -0.4 is 25.4 Å². The molecule has 0 radical (unpaired) electrons. The van der Waals surface area contributed by atoms with Gasteiger partial charge < -0.3 is 30.3 Å². The summed E-state index contributed by atoms with van der Waals surface area (Å²) in [5.41, 5.74) is 2.49. The van der Waals surface area contributed by atoms with E-state index in [0.29, 0.717) is 36.3 Å². The first kappa shape index (κ1) is 36.8. The molecule has 3 N–H and O–H groups in total. The van der Waals surface area contributed by atoms with Gasteiger partial charge in [0, 0.05) is 37.3 Å². The predicted octanol–water partition coefficient (Wildman–Crippen LogP) is 3.88. The van der Waals surface area contributed by atoms with Gasteiger partial charge in [0.1, 0.15) is 23.2 Å². The van der Waals surface area contributed by atoms with E-state index in [-0.39, 0.29) is 37.6 Å². The maximum absolute atomic E-state index is 15.7. The molecular weight excluding hydrogens is 655 g/mol. The molecule has 4 aromatic rings. The smallest absolute Gasteiger partial charge is 0.277 e. The first-order valence-electron chi connectivity index (χ1n) is 17.1. The molecule has 5 rings (SSSR count). The molecule has 4 amide bonds. The minimum atomic E-state index is -1.01. The second kappa shape index (κ2) is 16.5. The van der Waals surface area contributed by atoms with Crippen LogP contribution in [-0.2, 0) is 22.4 Å². The zero-order chi connectivity index (χ0) is 36.7. The molecule has 1 aliphatic heterocycles. The van der Waals surface area contributed by atoms with Crippen LogP contribution in [0.25, 0.3) is 5.65 Å². The van der Waals surface area contributed by atoms with Gasteiger partial charge in [0.25, 0.3) is 11.8 Å². The Kier molecular flexibility index (Phi) is 11.9. The molecule has 0 fully saturated rings. The number of carbonyl (C=O) groups excluding carboxylic acids is 4. The summed E-state index contributed by atoms with van der Waals surface area (Å²) in [5.74, 6) is -1.70. The van der Waals surface area contributed by atoms with E-state index in [4.69, 9.17) is 9.47 Å². The number of amides is 4. The molecule has 2 atom stereocenters. The largest absolute Gasteiger partial charge is 0.497 e. The maximum atomic E-state index is 15.7. The molecule has 2 aromatic carbocycles. The fraction of sp³-hybridized carbons (Fsp3) is 0.395. The fourth-order valence-corrected chi connectivity index (χ4v) is 6.24. The average Bonchev–Trinajstić information content (AvgIpc) is 3.43. The van der Waals surface area contributed by atoms with E-state index >= 15 is 4.39 Å². The second-order valence-electron chi connectivity index (χ2n) is 13.3. The van der Waals surface area contributed by atoms with Crippen LogP contribution in [0.4, 0.5) is 4.39 Å². The predicted molar refractivity (Wildman–Crippen MR) is 189 cm³/mol. The van der Waals surface area contributed by atoms with E-state index < -0.39 is 47.4 Å². The lowest BCUT2D eigenvalue weighted by Gasteiger charge is -2.30. The summed E-state index contributed by atoms with van der Waals surface area (Å²) in [4.78, 5) is 60.7. The highest BCUT2D eigenvalue weighted by atomic mass is 19.1. The number of carbonyl (C=O) groups is 4. The average molecular weight is 701 g/mol. The summed E-state index contributed by atoms with van der Waals surface area (Å²) in [6, 6.07) is 14.0. The number of rotatable bonds is 7. The monoisotopic (exact) mass is 700 g/mol. The first-order valence-corrected chi connectivity index (χ1v) is 17.1. The van der Waals surface area contributed by atoms with E-state index in [0.717, 1.165) is 16.7 Å². The zero-order valence-electron chi connectivity index (χ0n) is 29.6. The summed E-state index contributed by atoms with van der Waals surface area (Å²) >= 11 is 0. The number of hydrogen-bond donors (Lipinski definition) is 3. The van der Waals surface area contributed by atoms with Crippen molar-refractivity contribution < 1.29 is 33.0 Å². The highest BCUT2D eigenvalue weighted by Crippen LogP contribution is 2.22. The van der Waals surface area contributed by atoms with Gasteiger partial charge >= 0.3 is 0 Å². The summed E-state index contributed by atoms with van der Waals surface area (Å²) in [7, 11) is 3.10. The van der Waals surface area contributed by atoms with Gasteiger partial charge in [-0.2, -0.15) is 4.39 Å². The van der Waals surface area contributed by atoms with Crippen LogP contribution in [0.1, 0.15) is 64.2 Å². The molecule has 13 heteroatoms. The van der Waals surface area contributed by atoms with Crippen LogP contribution in [0.3, 0.4) is 0 Å². The van der Waals surface area contributed by atoms with Crippen molar-refractivity contribution in [1.29, 1.82) is 0 Å². The molecule has 0 unspecified atom stereocenters. The first-order chi connectivity index (χ1) is 24.4. The van der Waals surface area contributed by atoms with Gasteiger partial charge in [-0.25, -0.2) is 4.98 Å². The Morgan fingerprint density at radius 2 is 1.78 bits per heavy atom. The highest BCUT2D eigenvalue weighted by molar-refractivity contribution is 5.98. The lowest BCUT2D eigenvalue weighted by molar-refractivity contribution is -0.123. The van der Waals surface area contributed by atoms with Crippen LogP contribution in [-0.4, -0.2) is 83.9 Å². The van der Waals surface area contributed by atoms with Gasteiger partial charge in [-0.05, 0) is 85.2 Å². The Morgan fingerprint density at radius 1 is 1.02 bits per heavy atom. The summed E-state index contributed by atoms with van der Waals surface area (Å²) in [6.45, 7) is 5.52. The van der Waals surface area contributed by atoms with E-state index in [1.54, 1.807) is 62.7 Å². The number of methoxy groups -OCH3 is 2. The van der Waals surface area contributed by atoms with Crippen LogP contribution >= 0.6 is 0 Å². The Bertz CT molecular complexity index is 1890. The highest BCUT2D eigenvalue weighted by Gasteiger charge is 2.31. The van der Waals surface area contributed by atoms with Crippen molar-refractivity contribution in [1.82, 2.24) is 30.2 Å². The fourth-order valence-electron chi connectivity index (χ4n) is 6.24. The van der Waals surface area contributed by atoms with Crippen molar-refractivity contribution in [2.75, 3.05) is 33.9 Å². The Hall–Kier alpha value is -5.46. The Labute approximate surface area is 296 Å². The SMILES string of the molecule is COc1ccc(C[C@@H]2NC(=O)c3ccc(OC)c(c3)CCCNC(=O)CN(C(=O)c3nc4ccc(C)cn4c3F)C[C@H](CC(C)C)NC2=O)cc1. The van der Waals surface area contributed by atoms with Gasteiger partial charge in [-0.3, -0.25) is 23.6 Å². The van der Waals surface area contributed by atoms with Gasteiger partial charge in [0.2, 0.25) is 17.8 Å². The third-order valence-corrected chi connectivity index (χ3v) is 8.78. The standard InChI is InChI=1S/C38H45FN6O6/c1-23(2)17-28-21-44(38(49)34-35(39)45-20-24(3)8-15-32(45)43-34)22-33(46)40-16-6-7-26-19-27(11-14-31(26)51-5)36(47)42-30(37(48)41-28)18-25-9-12-29(50-4)13-10-25/h8-15,19-20,23,28,30H,6-7,16-18,21-22H2,1-5H3,(H,40,46)(H,41,48)(H,42,47)/t28-,30-/m0/s1. The summed E-state index contributed by atoms with van der Waals surface area (Å²) in [5, 5.41) is 8.81. The van der Waals surface area contributed by atoms with E-state index in [1.165, 1.54) is 16.4 Å². The molecule has 0 spiro atoms. The van der Waals surface area contributed by atoms with E-state index in [2.05, 4.69) is 20.9 Å². The van der Waals surface area contributed by atoms with Gasteiger partial charge in [0.05, 0.1) is 20.8 Å². The van der Waals surface area contributed by atoms with E-state index in [1.807, 2.05) is 26.0 Å². The quantitative estimate of drug-likeness (QED) is 0.266. The van der Waals surface area contributed by atoms with Crippen molar-refractivity contribution in [2.24, 2.45) is 5.92 Å². The lowest BCUT2D eigenvalue weighted by Crippen LogP contribution is -2.54. The number of imidazole rings is 1. The van der Waals surface area contributed by atoms with Crippen molar-refractivity contribution in [2.45, 2.75) is 58.5 Å². The van der Waals surface area contributed by atoms with Crippen molar-refractivity contribution in [3.63, 3.8) is 0 Å². The lowest BCUT2D eigenvalue weighted by atomic mass is 10.0. The van der Waals surface area contributed by atoms with E-state index in [9.17, 15) is 19.2 Å². The van der Waals surface area contributed by atoms with Gasteiger partial charge in [-0.1, -0.05) is 32.0 Å². The second-order valence-corrected chi connectivity index (χ2v) is 13.3. The van der Waals surface area contributed by atoms with Gasteiger partial charge in [-0.15, -0.1) is 0 Å². The topological polar surface area (TPSA) is 143 Å². The van der Waals surface area contributed by atoms with Crippen LogP contribution in [0.2, 0.25) is 0 Å². The molecule has 3 heterocycles. The number of halogens is 1. The molecule has 1 aliphatic rings. The van der Waals surface area contributed by atoms with Crippen molar-refractivity contribution in [3.05, 3.63) is 94.7 Å². The minimum Gasteiger partial charge on any atom is -0.497 e. The van der Waals surface area contributed by atoms with Crippen LogP contribution in [0, 0.1) is 18.8 Å². The normalized spacial score (nSPS) is 17.8. The number of hydrogen-bond acceptors (Lipinski definition) is 7. The third-order valence-electron chi connectivity index (χ3n) is 8.78. The molecule has 0 saturated heterocycles. The van der Waals surface area contributed by atoms with Crippen molar-refractivity contribution >= 4 is 29.3 Å². The number of nitrogens with zero attached hydrogens (tertiary/aromatic N) is 3. The molecule has 2 aromatic heterocycles. The number of pyridine rings is 1. The number of fused-ring (bicyclic) bond motifs is 3. The Morgan fingerprint density at radius 3 is 2.49 bits per heavy atom. The van der Waals surface area contributed by atoms with Crippen LogP contribution in [0.15, 0.2) is 60.8 Å². The van der Waals surface area contributed by atoms with Gasteiger partial charge in [0.15, 0.2) is 5.69 Å². The molecule has 270 valence electrons. The number of benzene rings is 2. The molecule has 51 heavy (non-hydrogen) atoms. The minimum absolute atomic E-state index is 0.0671. The number of aryl methyl sites for hydroxylation is 2. The zero-order valence-corrected chi connectivity index (χ0v) is 29.6. The summed E-state index contributed by atoms with van der Waals surface area (Å²) in [6.07, 6.45) is 3.12. The molecular formula is C38H45FN6O6. The van der Waals surface area contributed by atoms with Crippen molar-refractivity contribution in [3.8, 4) is 11.5 Å². The number of ether oxygens (including phenoxy) is 2. The Balaban J connectivity index is 1.51. The molecule has 0 saturated carbocycles. The number of nitrogens with one attached hydrogen (secondary N) is 3. The molecule has 12 nitrogen and oxygen atoms in total.